The Morgan fingerprint density at radius 1 is 1.19 bits per heavy atom. The van der Waals surface area contributed by atoms with Crippen molar-refractivity contribution < 1.29 is 22.3 Å². The highest BCUT2D eigenvalue weighted by Gasteiger charge is 2.26. The molecule has 12 heteroatoms. The van der Waals surface area contributed by atoms with E-state index >= 15 is 0 Å². The van der Waals surface area contributed by atoms with Crippen LogP contribution in [0, 0.1) is 11.7 Å². The topological polar surface area (TPSA) is 126 Å². The number of piperidine rings is 1. The molecule has 1 aliphatic heterocycles. The zero-order chi connectivity index (χ0) is 27.2. The van der Waals surface area contributed by atoms with Crippen LogP contribution in [-0.4, -0.2) is 60.7 Å². The van der Waals surface area contributed by atoms with Gasteiger partial charge in [0, 0.05) is 31.7 Å². The molecule has 1 aromatic carbocycles. The van der Waals surface area contributed by atoms with Gasteiger partial charge in [0.1, 0.15) is 23.6 Å². The molecule has 0 aliphatic carbocycles. The molecule has 3 rings (SSSR count). The van der Waals surface area contributed by atoms with Crippen molar-refractivity contribution in [1.82, 2.24) is 24.9 Å². The van der Waals surface area contributed by atoms with Crippen molar-refractivity contribution in [3.05, 3.63) is 42.1 Å². The Morgan fingerprint density at radius 3 is 2.51 bits per heavy atom. The van der Waals surface area contributed by atoms with Gasteiger partial charge in [-0.15, -0.1) is 0 Å². The summed E-state index contributed by atoms with van der Waals surface area (Å²) in [5.74, 6) is 0.127. The van der Waals surface area contributed by atoms with E-state index < -0.39 is 21.4 Å². The van der Waals surface area contributed by atoms with E-state index in [-0.39, 0.29) is 22.7 Å². The Labute approximate surface area is 218 Å². The third kappa shape index (κ3) is 8.90. The van der Waals surface area contributed by atoms with Gasteiger partial charge in [0.2, 0.25) is 10.0 Å². The van der Waals surface area contributed by atoms with E-state index in [0.29, 0.717) is 31.4 Å². The molecule has 37 heavy (non-hydrogen) atoms. The second kappa shape index (κ2) is 12.1. The van der Waals surface area contributed by atoms with Crippen LogP contribution in [0.4, 0.5) is 20.7 Å². The first-order valence-electron chi connectivity index (χ1n) is 12.4. The van der Waals surface area contributed by atoms with E-state index in [0.717, 1.165) is 31.1 Å². The maximum absolute atomic E-state index is 14.6. The van der Waals surface area contributed by atoms with E-state index in [1.54, 1.807) is 24.8 Å². The van der Waals surface area contributed by atoms with Crippen molar-refractivity contribution in [3.8, 4) is 0 Å². The summed E-state index contributed by atoms with van der Waals surface area (Å²) in [6, 6.07) is 5.10. The van der Waals surface area contributed by atoms with Crippen molar-refractivity contribution in [2.45, 2.75) is 70.5 Å². The predicted molar refractivity (Wildman–Crippen MR) is 139 cm³/mol. The molecule has 1 aromatic heterocycles. The number of aromatic nitrogens is 2. The smallest absolute Gasteiger partial charge is 0.410 e. The van der Waals surface area contributed by atoms with Crippen LogP contribution in [0.1, 0.15) is 53.2 Å². The number of carbonyl (C=O) groups excluding carboxylic acids is 1. The first-order valence-corrected chi connectivity index (χ1v) is 13.9. The molecular weight excluding hydrogens is 499 g/mol. The molecule has 2 heterocycles. The molecule has 1 fully saturated rings. The Balaban J connectivity index is 1.49. The lowest BCUT2D eigenvalue weighted by Gasteiger charge is -2.33. The summed E-state index contributed by atoms with van der Waals surface area (Å²) < 4.78 is 47.0. The van der Waals surface area contributed by atoms with Crippen LogP contribution in [0.5, 0.6) is 0 Å². The van der Waals surface area contributed by atoms with Gasteiger partial charge in [-0.1, -0.05) is 0 Å². The SMILES string of the molecule is CC(C)NS(=O)(=O)c1ccc(Nc2cc(CNCC3CCN(C(=O)OC(C)(C)C)CC3)ncn2)c(F)c1. The number of ether oxygens (including phenoxy) is 1. The fourth-order valence-corrected chi connectivity index (χ4v) is 5.16. The molecule has 3 N–H and O–H groups in total. The number of anilines is 2. The fraction of sp³-hybridized carbons (Fsp3) is 0.560. The number of nitrogens with one attached hydrogen (secondary N) is 3. The summed E-state index contributed by atoms with van der Waals surface area (Å²) in [6.45, 7) is 11.6. The maximum atomic E-state index is 14.6. The number of likely N-dealkylation sites (tertiary alicyclic amines) is 1. The molecule has 0 bridgehead atoms. The van der Waals surface area contributed by atoms with Gasteiger partial charge in [0.25, 0.3) is 0 Å². The number of amides is 1. The molecule has 0 radical (unpaired) electrons. The zero-order valence-electron chi connectivity index (χ0n) is 22.0. The second-order valence-electron chi connectivity index (χ2n) is 10.5. The molecular formula is C25H37FN6O4S. The van der Waals surface area contributed by atoms with Crippen molar-refractivity contribution in [2.24, 2.45) is 5.92 Å². The molecule has 1 aliphatic rings. The van der Waals surface area contributed by atoms with Gasteiger partial charge in [-0.25, -0.2) is 32.3 Å². The molecule has 0 unspecified atom stereocenters. The van der Waals surface area contributed by atoms with Crippen LogP contribution >= 0.6 is 0 Å². The summed E-state index contributed by atoms with van der Waals surface area (Å²) in [4.78, 5) is 22.2. The van der Waals surface area contributed by atoms with Gasteiger partial charge in [-0.3, -0.25) is 0 Å². The van der Waals surface area contributed by atoms with Crippen LogP contribution in [0.25, 0.3) is 0 Å². The van der Waals surface area contributed by atoms with Crippen LogP contribution in [0.2, 0.25) is 0 Å². The van der Waals surface area contributed by atoms with Crippen molar-refractivity contribution in [1.29, 1.82) is 0 Å². The highest BCUT2D eigenvalue weighted by Crippen LogP contribution is 2.23. The van der Waals surface area contributed by atoms with Crippen LogP contribution < -0.4 is 15.4 Å². The predicted octanol–water partition coefficient (Wildman–Crippen LogP) is 3.78. The minimum absolute atomic E-state index is 0.109. The molecule has 2 aromatic rings. The Bertz CT molecular complexity index is 1180. The molecule has 204 valence electrons. The lowest BCUT2D eigenvalue weighted by atomic mass is 9.97. The molecule has 1 amide bonds. The monoisotopic (exact) mass is 536 g/mol. The summed E-state index contributed by atoms with van der Waals surface area (Å²) in [5, 5.41) is 6.28. The van der Waals surface area contributed by atoms with Crippen molar-refractivity contribution in [2.75, 3.05) is 25.0 Å². The van der Waals surface area contributed by atoms with Crippen molar-refractivity contribution >= 4 is 27.6 Å². The third-order valence-electron chi connectivity index (χ3n) is 5.63. The van der Waals surface area contributed by atoms with Gasteiger partial charge < -0.3 is 20.3 Å². The Hall–Kier alpha value is -2.83. The number of sulfonamides is 1. The maximum Gasteiger partial charge on any atom is 0.410 e. The first-order chi connectivity index (χ1) is 17.3. The number of nitrogens with zero attached hydrogens (tertiary/aromatic N) is 3. The third-order valence-corrected chi connectivity index (χ3v) is 7.29. The number of halogens is 1. The van der Waals surface area contributed by atoms with Crippen LogP contribution in [0.15, 0.2) is 35.5 Å². The van der Waals surface area contributed by atoms with Gasteiger partial charge in [-0.05, 0) is 78.1 Å². The molecule has 1 saturated heterocycles. The van der Waals surface area contributed by atoms with E-state index in [4.69, 9.17) is 4.74 Å². The molecule has 0 spiro atoms. The minimum Gasteiger partial charge on any atom is -0.444 e. The number of rotatable bonds is 9. The summed E-state index contributed by atoms with van der Waals surface area (Å²) in [6.07, 6.45) is 2.91. The summed E-state index contributed by atoms with van der Waals surface area (Å²) in [7, 11) is -3.79. The van der Waals surface area contributed by atoms with E-state index in [2.05, 4.69) is 25.3 Å². The fourth-order valence-electron chi connectivity index (χ4n) is 3.89. The quantitative estimate of drug-likeness (QED) is 0.442. The van der Waals surface area contributed by atoms with Gasteiger partial charge in [-0.2, -0.15) is 0 Å². The highest BCUT2D eigenvalue weighted by molar-refractivity contribution is 7.89. The number of hydrogen-bond donors (Lipinski definition) is 3. The summed E-state index contributed by atoms with van der Waals surface area (Å²) >= 11 is 0. The zero-order valence-corrected chi connectivity index (χ0v) is 22.9. The summed E-state index contributed by atoms with van der Waals surface area (Å²) in [5.41, 5.74) is 0.337. The standard InChI is InChI=1S/C25H37FN6O4S/c1-17(2)31-37(34,35)20-6-7-22(21(26)13-20)30-23-12-19(28-16-29-23)15-27-14-18-8-10-32(11-9-18)24(33)36-25(3,4)5/h6-7,12-13,16-18,27,31H,8-11,14-15H2,1-5H3,(H,28,29,30). The lowest BCUT2D eigenvalue weighted by molar-refractivity contribution is 0.0184. The number of carbonyl (C=O) groups is 1. The molecule has 0 atom stereocenters. The van der Waals surface area contributed by atoms with E-state index in [9.17, 15) is 17.6 Å². The van der Waals surface area contributed by atoms with E-state index in [1.807, 2.05) is 20.8 Å². The highest BCUT2D eigenvalue weighted by atomic mass is 32.2. The number of hydrogen-bond acceptors (Lipinski definition) is 8. The Morgan fingerprint density at radius 2 is 1.89 bits per heavy atom. The first kappa shape index (κ1) is 28.7. The Kier molecular flexibility index (Phi) is 9.43. The number of benzene rings is 1. The normalized spacial score (nSPS) is 15.2. The largest absolute Gasteiger partial charge is 0.444 e. The van der Waals surface area contributed by atoms with Crippen molar-refractivity contribution in [3.63, 3.8) is 0 Å². The lowest BCUT2D eigenvalue weighted by Crippen LogP contribution is -2.43. The average Bonchev–Trinajstić information content (AvgIpc) is 2.79. The second-order valence-corrected chi connectivity index (χ2v) is 12.2. The van der Waals surface area contributed by atoms with Gasteiger partial charge in [0.15, 0.2) is 0 Å². The van der Waals surface area contributed by atoms with E-state index in [1.165, 1.54) is 18.5 Å². The minimum atomic E-state index is -3.79. The molecule has 10 nitrogen and oxygen atoms in total. The average molecular weight is 537 g/mol. The molecule has 0 saturated carbocycles. The van der Waals surface area contributed by atoms with Gasteiger partial charge >= 0.3 is 6.09 Å². The van der Waals surface area contributed by atoms with Crippen LogP contribution in [-0.2, 0) is 21.3 Å². The van der Waals surface area contributed by atoms with Crippen LogP contribution in [0.3, 0.4) is 0 Å². The van der Waals surface area contributed by atoms with Gasteiger partial charge in [0.05, 0.1) is 16.3 Å².